The lowest BCUT2D eigenvalue weighted by Gasteiger charge is -2.25. The van der Waals surface area contributed by atoms with Gasteiger partial charge in [-0.1, -0.05) is 0 Å². The molecule has 1 aromatic heterocycles. The van der Waals surface area contributed by atoms with Crippen molar-refractivity contribution in [3.8, 4) is 5.88 Å². The van der Waals surface area contributed by atoms with Crippen LogP contribution in [0.2, 0.25) is 0 Å². The quantitative estimate of drug-likeness (QED) is 0.852. The topological polar surface area (TPSA) is 51.4 Å². The molecular formula is C11H17N3OS. The average molecular weight is 239 g/mol. The van der Waals surface area contributed by atoms with Crippen molar-refractivity contribution in [1.29, 1.82) is 0 Å². The van der Waals surface area contributed by atoms with E-state index in [0.29, 0.717) is 18.2 Å². The highest BCUT2D eigenvalue weighted by Gasteiger charge is 2.09. The van der Waals surface area contributed by atoms with E-state index in [9.17, 15) is 0 Å². The van der Waals surface area contributed by atoms with Crippen LogP contribution in [-0.2, 0) is 0 Å². The maximum Gasteiger partial charge on any atom is 0.213 e. The molecule has 0 saturated carbocycles. The van der Waals surface area contributed by atoms with Crippen molar-refractivity contribution in [2.45, 2.75) is 0 Å². The molecule has 1 aliphatic heterocycles. The van der Waals surface area contributed by atoms with Crippen molar-refractivity contribution < 1.29 is 4.74 Å². The lowest BCUT2D eigenvalue weighted by atomic mass is 10.4. The van der Waals surface area contributed by atoms with Crippen molar-refractivity contribution in [2.75, 3.05) is 43.5 Å². The van der Waals surface area contributed by atoms with Crippen LogP contribution in [0, 0.1) is 0 Å². The molecular weight excluding hydrogens is 222 g/mol. The van der Waals surface area contributed by atoms with Crippen LogP contribution < -0.4 is 10.5 Å². The summed E-state index contributed by atoms with van der Waals surface area (Å²) < 4.78 is 5.55. The number of thioether (sulfide) groups is 1. The fourth-order valence-electron chi connectivity index (χ4n) is 1.58. The predicted molar refractivity (Wildman–Crippen MR) is 67.9 cm³/mol. The Bertz CT molecular complexity index is 312. The SMILES string of the molecule is Nc1ccc(OCCN2CCSCC2)nc1. The van der Waals surface area contributed by atoms with E-state index in [1.807, 2.05) is 11.8 Å². The van der Waals surface area contributed by atoms with Gasteiger partial charge < -0.3 is 10.5 Å². The lowest BCUT2D eigenvalue weighted by molar-refractivity contribution is 0.217. The zero-order chi connectivity index (χ0) is 11.2. The van der Waals surface area contributed by atoms with E-state index < -0.39 is 0 Å². The molecule has 1 fully saturated rings. The molecule has 1 saturated heterocycles. The normalized spacial score (nSPS) is 17.2. The molecule has 2 rings (SSSR count). The third kappa shape index (κ3) is 3.57. The summed E-state index contributed by atoms with van der Waals surface area (Å²) in [6.07, 6.45) is 1.62. The third-order valence-electron chi connectivity index (χ3n) is 2.52. The standard InChI is InChI=1S/C11H17N3OS/c12-10-1-2-11(13-9-10)15-6-3-14-4-7-16-8-5-14/h1-2,9H,3-8,12H2. The van der Waals surface area contributed by atoms with E-state index in [4.69, 9.17) is 10.5 Å². The van der Waals surface area contributed by atoms with Gasteiger partial charge in [0.2, 0.25) is 5.88 Å². The summed E-state index contributed by atoms with van der Waals surface area (Å²) in [6.45, 7) is 4.01. The monoisotopic (exact) mass is 239 g/mol. The summed E-state index contributed by atoms with van der Waals surface area (Å²) >= 11 is 2.02. The Balaban J connectivity index is 1.69. The number of nitrogens with zero attached hydrogens (tertiary/aromatic N) is 2. The highest BCUT2D eigenvalue weighted by molar-refractivity contribution is 7.99. The van der Waals surface area contributed by atoms with Gasteiger partial charge in [-0.2, -0.15) is 11.8 Å². The number of nitrogens with two attached hydrogens (primary N) is 1. The van der Waals surface area contributed by atoms with Gasteiger partial charge in [0, 0.05) is 37.2 Å². The number of rotatable bonds is 4. The van der Waals surface area contributed by atoms with Crippen LogP contribution in [0.5, 0.6) is 5.88 Å². The molecule has 0 aliphatic carbocycles. The molecule has 0 bridgehead atoms. The molecule has 0 spiro atoms. The maximum atomic E-state index is 5.55. The number of ether oxygens (including phenoxy) is 1. The molecule has 1 aromatic rings. The van der Waals surface area contributed by atoms with Crippen molar-refractivity contribution in [2.24, 2.45) is 0 Å². The van der Waals surface area contributed by atoms with E-state index >= 15 is 0 Å². The Kier molecular flexibility index (Phi) is 4.30. The second kappa shape index (κ2) is 5.96. The van der Waals surface area contributed by atoms with Crippen LogP contribution in [0.1, 0.15) is 0 Å². The van der Waals surface area contributed by atoms with Crippen molar-refractivity contribution >= 4 is 17.4 Å². The molecule has 1 aliphatic rings. The van der Waals surface area contributed by atoms with Gasteiger partial charge in [0.15, 0.2) is 0 Å². The van der Waals surface area contributed by atoms with Crippen molar-refractivity contribution in [1.82, 2.24) is 9.88 Å². The number of anilines is 1. The van der Waals surface area contributed by atoms with E-state index in [2.05, 4.69) is 9.88 Å². The van der Waals surface area contributed by atoms with Crippen LogP contribution in [0.15, 0.2) is 18.3 Å². The van der Waals surface area contributed by atoms with Crippen LogP contribution in [-0.4, -0.2) is 47.6 Å². The maximum absolute atomic E-state index is 5.55. The number of aromatic nitrogens is 1. The molecule has 2 heterocycles. The molecule has 88 valence electrons. The molecule has 5 heteroatoms. The Hall–Kier alpha value is -0.940. The molecule has 0 unspecified atom stereocenters. The Morgan fingerprint density at radius 3 is 2.88 bits per heavy atom. The second-order valence-corrected chi connectivity index (χ2v) is 4.96. The summed E-state index contributed by atoms with van der Waals surface area (Å²) in [4.78, 5) is 6.52. The Labute approximate surface area is 100 Å². The number of pyridine rings is 1. The first-order valence-electron chi connectivity index (χ1n) is 5.49. The van der Waals surface area contributed by atoms with E-state index in [-0.39, 0.29) is 0 Å². The first-order chi connectivity index (χ1) is 7.84. The number of hydrogen-bond donors (Lipinski definition) is 1. The van der Waals surface area contributed by atoms with Crippen molar-refractivity contribution in [3.63, 3.8) is 0 Å². The third-order valence-corrected chi connectivity index (χ3v) is 3.46. The van der Waals surface area contributed by atoms with Crippen molar-refractivity contribution in [3.05, 3.63) is 18.3 Å². The van der Waals surface area contributed by atoms with E-state index in [1.54, 1.807) is 18.3 Å². The van der Waals surface area contributed by atoms with Gasteiger partial charge in [-0.3, -0.25) is 4.90 Å². The van der Waals surface area contributed by atoms with Crippen LogP contribution >= 0.6 is 11.8 Å². The zero-order valence-corrected chi connectivity index (χ0v) is 10.1. The molecule has 4 nitrogen and oxygen atoms in total. The largest absolute Gasteiger partial charge is 0.476 e. The van der Waals surface area contributed by atoms with Gasteiger partial charge >= 0.3 is 0 Å². The smallest absolute Gasteiger partial charge is 0.213 e. The molecule has 16 heavy (non-hydrogen) atoms. The average Bonchev–Trinajstić information content (AvgIpc) is 2.33. The summed E-state index contributed by atoms with van der Waals surface area (Å²) in [5, 5.41) is 0. The highest BCUT2D eigenvalue weighted by atomic mass is 32.2. The fourth-order valence-corrected chi connectivity index (χ4v) is 2.56. The minimum Gasteiger partial charge on any atom is -0.476 e. The summed E-state index contributed by atoms with van der Waals surface area (Å²) in [7, 11) is 0. The molecule has 0 aromatic carbocycles. The summed E-state index contributed by atoms with van der Waals surface area (Å²) in [6, 6.07) is 3.61. The zero-order valence-electron chi connectivity index (χ0n) is 9.26. The van der Waals surface area contributed by atoms with E-state index in [0.717, 1.165) is 6.54 Å². The van der Waals surface area contributed by atoms with Crippen LogP contribution in [0.25, 0.3) is 0 Å². The Morgan fingerprint density at radius 2 is 2.19 bits per heavy atom. The molecule has 0 amide bonds. The molecule has 0 atom stereocenters. The first-order valence-corrected chi connectivity index (χ1v) is 6.64. The van der Waals surface area contributed by atoms with Gasteiger partial charge in [0.25, 0.3) is 0 Å². The van der Waals surface area contributed by atoms with Gasteiger partial charge in [-0.05, 0) is 6.07 Å². The van der Waals surface area contributed by atoms with E-state index in [1.165, 1.54) is 24.6 Å². The minimum atomic E-state index is 0.653. The van der Waals surface area contributed by atoms with Gasteiger partial charge in [0.05, 0.1) is 11.9 Å². The van der Waals surface area contributed by atoms with Crippen LogP contribution in [0.4, 0.5) is 5.69 Å². The summed E-state index contributed by atoms with van der Waals surface area (Å²) in [5.41, 5.74) is 6.21. The first kappa shape index (κ1) is 11.5. The van der Waals surface area contributed by atoms with Crippen LogP contribution in [0.3, 0.4) is 0 Å². The second-order valence-electron chi connectivity index (χ2n) is 3.73. The molecule has 2 N–H and O–H groups in total. The lowest BCUT2D eigenvalue weighted by Crippen LogP contribution is -2.35. The highest BCUT2D eigenvalue weighted by Crippen LogP contribution is 2.10. The number of hydrogen-bond acceptors (Lipinski definition) is 5. The molecule has 0 radical (unpaired) electrons. The number of nitrogen functional groups attached to an aromatic ring is 1. The van der Waals surface area contributed by atoms with Gasteiger partial charge in [-0.25, -0.2) is 4.98 Å². The fraction of sp³-hybridized carbons (Fsp3) is 0.545. The predicted octanol–water partition coefficient (Wildman–Crippen LogP) is 1.09. The minimum absolute atomic E-state index is 0.653. The summed E-state index contributed by atoms with van der Waals surface area (Å²) in [5.74, 6) is 3.13. The van der Waals surface area contributed by atoms with Gasteiger partial charge in [0.1, 0.15) is 6.61 Å². The van der Waals surface area contributed by atoms with Gasteiger partial charge in [-0.15, -0.1) is 0 Å². The Morgan fingerprint density at radius 1 is 1.38 bits per heavy atom.